The number of carboxylic acid groups (broad SMARTS) is 1. The summed E-state index contributed by atoms with van der Waals surface area (Å²) in [5.74, 6) is -1.16. The monoisotopic (exact) mass is 264 g/mol. The number of anilines is 1. The smallest absolute Gasteiger partial charge is 0.305 e. The molecular formula is C14H20N2O3. The van der Waals surface area contributed by atoms with Crippen LogP contribution in [-0.4, -0.2) is 29.6 Å². The molecule has 5 heteroatoms. The number of para-hydroxylation sites is 1. The highest BCUT2D eigenvalue weighted by Gasteiger charge is 2.22. The van der Waals surface area contributed by atoms with Crippen LogP contribution in [0.1, 0.15) is 26.2 Å². The van der Waals surface area contributed by atoms with Gasteiger partial charge in [-0.15, -0.1) is 0 Å². The summed E-state index contributed by atoms with van der Waals surface area (Å²) in [4.78, 5) is 24.4. The van der Waals surface area contributed by atoms with E-state index in [-0.39, 0.29) is 18.9 Å². The lowest BCUT2D eigenvalue weighted by molar-refractivity contribution is -0.136. The van der Waals surface area contributed by atoms with Gasteiger partial charge in [0, 0.05) is 12.2 Å². The van der Waals surface area contributed by atoms with Gasteiger partial charge in [0.15, 0.2) is 0 Å². The lowest BCUT2D eigenvalue weighted by Gasteiger charge is -2.25. The fraction of sp³-hybridized carbons (Fsp3) is 0.429. The van der Waals surface area contributed by atoms with Gasteiger partial charge >= 0.3 is 5.97 Å². The number of carbonyl (C=O) groups is 2. The Morgan fingerprint density at radius 1 is 1.32 bits per heavy atom. The highest BCUT2D eigenvalue weighted by Crippen LogP contribution is 2.15. The topological polar surface area (TPSA) is 83.6 Å². The average molecular weight is 264 g/mol. The number of carboxylic acids is 1. The number of hydrogen-bond acceptors (Lipinski definition) is 3. The molecule has 0 radical (unpaired) electrons. The van der Waals surface area contributed by atoms with Crippen molar-refractivity contribution in [2.75, 3.05) is 11.4 Å². The summed E-state index contributed by atoms with van der Waals surface area (Å²) in [6, 6.07) is 8.43. The van der Waals surface area contributed by atoms with Crippen LogP contribution in [0.4, 0.5) is 5.69 Å². The summed E-state index contributed by atoms with van der Waals surface area (Å²) >= 11 is 0. The Kier molecular flexibility index (Phi) is 6.02. The van der Waals surface area contributed by atoms with Gasteiger partial charge in [0.05, 0.1) is 12.5 Å². The Hall–Kier alpha value is -1.88. The van der Waals surface area contributed by atoms with Gasteiger partial charge < -0.3 is 15.7 Å². The Bertz CT molecular complexity index is 420. The molecule has 0 fully saturated rings. The van der Waals surface area contributed by atoms with E-state index < -0.39 is 12.0 Å². The third-order valence-corrected chi connectivity index (χ3v) is 2.80. The Labute approximate surface area is 113 Å². The molecule has 0 aliphatic rings. The Balaban J connectivity index is 2.86. The molecule has 0 saturated heterocycles. The first-order chi connectivity index (χ1) is 9.06. The molecule has 5 nitrogen and oxygen atoms in total. The van der Waals surface area contributed by atoms with Crippen molar-refractivity contribution in [3.05, 3.63) is 30.3 Å². The molecule has 1 amide bonds. The first kappa shape index (κ1) is 15.2. The lowest BCUT2D eigenvalue weighted by atomic mass is 10.1. The third kappa shape index (κ3) is 4.71. The number of carbonyl (C=O) groups excluding carboxylic acids is 1. The van der Waals surface area contributed by atoms with E-state index >= 15 is 0 Å². The molecule has 1 rings (SSSR count). The second kappa shape index (κ2) is 7.53. The van der Waals surface area contributed by atoms with E-state index in [0.717, 1.165) is 6.42 Å². The molecule has 1 aromatic carbocycles. The van der Waals surface area contributed by atoms with Gasteiger partial charge in [0.25, 0.3) is 0 Å². The second-order valence-electron chi connectivity index (χ2n) is 4.36. The molecule has 0 aliphatic heterocycles. The summed E-state index contributed by atoms with van der Waals surface area (Å²) in [5, 5.41) is 8.76. The van der Waals surface area contributed by atoms with Gasteiger partial charge in [-0.05, 0) is 18.6 Å². The van der Waals surface area contributed by atoms with Crippen LogP contribution in [0, 0.1) is 0 Å². The zero-order valence-electron chi connectivity index (χ0n) is 11.1. The molecule has 104 valence electrons. The van der Waals surface area contributed by atoms with E-state index in [1.807, 2.05) is 25.1 Å². The van der Waals surface area contributed by atoms with Crippen LogP contribution >= 0.6 is 0 Å². The van der Waals surface area contributed by atoms with Crippen LogP contribution in [0.5, 0.6) is 0 Å². The SMILES string of the molecule is CCC[C@@H](N)C(=O)N(CCC(=O)O)c1ccccc1. The predicted molar refractivity (Wildman–Crippen MR) is 73.9 cm³/mol. The van der Waals surface area contributed by atoms with Crippen LogP contribution < -0.4 is 10.6 Å². The van der Waals surface area contributed by atoms with Crippen LogP contribution in [-0.2, 0) is 9.59 Å². The minimum Gasteiger partial charge on any atom is -0.481 e. The summed E-state index contributed by atoms with van der Waals surface area (Å²) < 4.78 is 0. The molecule has 0 spiro atoms. The minimum absolute atomic E-state index is 0.0977. The summed E-state index contributed by atoms with van der Waals surface area (Å²) in [6.45, 7) is 2.09. The highest BCUT2D eigenvalue weighted by atomic mass is 16.4. The fourth-order valence-corrected chi connectivity index (χ4v) is 1.82. The van der Waals surface area contributed by atoms with Crippen molar-refractivity contribution in [2.45, 2.75) is 32.2 Å². The van der Waals surface area contributed by atoms with Gasteiger partial charge in [-0.2, -0.15) is 0 Å². The van der Waals surface area contributed by atoms with E-state index in [0.29, 0.717) is 12.1 Å². The molecular weight excluding hydrogens is 244 g/mol. The van der Waals surface area contributed by atoms with E-state index in [9.17, 15) is 9.59 Å². The highest BCUT2D eigenvalue weighted by molar-refractivity contribution is 5.97. The molecule has 0 saturated carbocycles. The van der Waals surface area contributed by atoms with Crippen LogP contribution in [0.25, 0.3) is 0 Å². The van der Waals surface area contributed by atoms with E-state index in [1.54, 1.807) is 12.1 Å². The molecule has 0 aliphatic carbocycles. The quantitative estimate of drug-likeness (QED) is 0.784. The molecule has 0 heterocycles. The fourth-order valence-electron chi connectivity index (χ4n) is 1.82. The van der Waals surface area contributed by atoms with Crippen molar-refractivity contribution in [1.82, 2.24) is 0 Å². The molecule has 0 unspecified atom stereocenters. The number of rotatable bonds is 7. The Morgan fingerprint density at radius 3 is 2.47 bits per heavy atom. The van der Waals surface area contributed by atoms with Gasteiger partial charge in [-0.25, -0.2) is 0 Å². The standard InChI is InChI=1S/C14H20N2O3/c1-2-6-12(15)14(19)16(10-9-13(17)18)11-7-4-3-5-8-11/h3-5,7-8,12H,2,6,9-10,15H2,1H3,(H,17,18)/t12-/m1/s1. The zero-order chi connectivity index (χ0) is 14.3. The molecule has 3 N–H and O–H groups in total. The first-order valence-corrected chi connectivity index (χ1v) is 6.40. The number of hydrogen-bond donors (Lipinski definition) is 2. The van der Waals surface area contributed by atoms with Gasteiger partial charge in [0.1, 0.15) is 0 Å². The normalized spacial score (nSPS) is 11.9. The molecule has 0 aromatic heterocycles. The molecule has 19 heavy (non-hydrogen) atoms. The van der Waals surface area contributed by atoms with Crippen molar-refractivity contribution >= 4 is 17.6 Å². The number of amides is 1. The van der Waals surface area contributed by atoms with Crippen LogP contribution in [0.2, 0.25) is 0 Å². The number of benzene rings is 1. The minimum atomic E-state index is -0.933. The average Bonchev–Trinajstić information content (AvgIpc) is 2.40. The number of aliphatic carboxylic acids is 1. The molecule has 0 bridgehead atoms. The van der Waals surface area contributed by atoms with Gasteiger partial charge in [-0.3, -0.25) is 9.59 Å². The molecule has 1 aromatic rings. The Morgan fingerprint density at radius 2 is 1.95 bits per heavy atom. The van der Waals surface area contributed by atoms with Crippen molar-refractivity contribution in [1.29, 1.82) is 0 Å². The zero-order valence-corrected chi connectivity index (χ0v) is 11.1. The van der Waals surface area contributed by atoms with Crippen LogP contribution in [0.15, 0.2) is 30.3 Å². The maximum Gasteiger partial charge on any atom is 0.305 e. The summed E-state index contributed by atoms with van der Waals surface area (Å²) in [6.07, 6.45) is 1.31. The number of nitrogens with two attached hydrogens (primary N) is 1. The number of nitrogens with zero attached hydrogens (tertiary/aromatic N) is 1. The van der Waals surface area contributed by atoms with Gasteiger partial charge in [-0.1, -0.05) is 31.5 Å². The lowest BCUT2D eigenvalue weighted by Crippen LogP contribution is -2.44. The van der Waals surface area contributed by atoms with E-state index in [1.165, 1.54) is 4.90 Å². The predicted octanol–water partition coefficient (Wildman–Crippen LogP) is 1.62. The van der Waals surface area contributed by atoms with E-state index in [2.05, 4.69) is 0 Å². The van der Waals surface area contributed by atoms with Crippen molar-refractivity contribution in [2.24, 2.45) is 5.73 Å². The second-order valence-corrected chi connectivity index (χ2v) is 4.36. The maximum absolute atomic E-state index is 12.3. The summed E-state index contributed by atoms with van der Waals surface area (Å²) in [5.41, 5.74) is 6.51. The van der Waals surface area contributed by atoms with Crippen LogP contribution in [0.3, 0.4) is 0 Å². The third-order valence-electron chi connectivity index (χ3n) is 2.80. The van der Waals surface area contributed by atoms with Crippen molar-refractivity contribution in [3.8, 4) is 0 Å². The molecule has 1 atom stereocenters. The van der Waals surface area contributed by atoms with Gasteiger partial charge in [0.2, 0.25) is 5.91 Å². The largest absolute Gasteiger partial charge is 0.481 e. The van der Waals surface area contributed by atoms with Crippen molar-refractivity contribution < 1.29 is 14.7 Å². The summed E-state index contributed by atoms with van der Waals surface area (Å²) in [7, 11) is 0. The maximum atomic E-state index is 12.3. The van der Waals surface area contributed by atoms with E-state index in [4.69, 9.17) is 10.8 Å². The first-order valence-electron chi connectivity index (χ1n) is 6.40. The van der Waals surface area contributed by atoms with Crippen molar-refractivity contribution in [3.63, 3.8) is 0 Å².